The summed E-state index contributed by atoms with van der Waals surface area (Å²) in [6.45, 7) is 0.143. The van der Waals surface area contributed by atoms with E-state index in [1.165, 1.54) is 18.2 Å². The lowest BCUT2D eigenvalue weighted by Gasteiger charge is -2.11. The quantitative estimate of drug-likeness (QED) is 0.410. The Hall–Kier alpha value is -4.41. The number of nitrogens with one attached hydrogen (secondary N) is 2. The highest BCUT2D eigenvalue weighted by atomic mass is 19.4. The molecule has 11 heteroatoms. The van der Waals surface area contributed by atoms with Gasteiger partial charge in [-0.3, -0.25) is 9.89 Å². The topological polar surface area (TPSA) is 94.7 Å². The molecule has 0 bridgehead atoms. The smallest absolute Gasteiger partial charge is 0.489 e. The van der Waals surface area contributed by atoms with Crippen molar-refractivity contribution >= 4 is 22.6 Å². The monoisotopic (exact) mass is 471 g/mol. The molecule has 0 aliphatic carbocycles. The summed E-state index contributed by atoms with van der Waals surface area (Å²) < 4.78 is 57.4. The number of anilines is 1. The number of aromatic amines is 1. The van der Waals surface area contributed by atoms with Gasteiger partial charge in [-0.25, -0.2) is 0 Å². The molecule has 0 saturated heterocycles. The number of rotatable bonds is 6. The zero-order valence-electron chi connectivity index (χ0n) is 17.3. The Labute approximate surface area is 190 Å². The Bertz CT molecular complexity index is 1370. The summed E-state index contributed by atoms with van der Waals surface area (Å²) in [5, 5.41) is 10.4. The zero-order valence-corrected chi connectivity index (χ0v) is 17.3. The molecule has 174 valence electrons. The molecule has 5 rings (SSSR count). The second kappa shape index (κ2) is 8.50. The van der Waals surface area contributed by atoms with Crippen LogP contribution in [0.2, 0.25) is 0 Å². The second-order valence-corrected chi connectivity index (χ2v) is 7.29. The van der Waals surface area contributed by atoms with Crippen molar-refractivity contribution in [1.82, 2.24) is 10.2 Å². The fraction of sp³-hybridized carbons (Fsp3) is 0.130. The van der Waals surface area contributed by atoms with Crippen LogP contribution < -0.4 is 24.3 Å². The first kappa shape index (κ1) is 21.4. The van der Waals surface area contributed by atoms with Crippen LogP contribution in [0.3, 0.4) is 0 Å². The van der Waals surface area contributed by atoms with Gasteiger partial charge in [0.05, 0.1) is 5.52 Å². The fourth-order valence-corrected chi connectivity index (χ4v) is 3.40. The predicted octanol–water partition coefficient (Wildman–Crippen LogP) is 5.02. The van der Waals surface area contributed by atoms with Gasteiger partial charge < -0.3 is 24.3 Å². The first-order valence-corrected chi connectivity index (χ1v) is 10.0. The van der Waals surface area contributed by atoms with Crippen LogP contribution in [0, 0.1) is 0 Å². The molecule has 0 spiro atoms. The van der Waals surface area contributed by atoms with Gasteiger partial charge in [-0.05, 0) is 48.0 Å². The molecule has 0 fully saturated rings. The maximum atomic E-state index is 12.6. The molecule has 8 nitrogen and oxygen atoms in total. The maximum Gasteiger partial charge on any atom is 0.573 e. The number of hydrogen-bond donors (Lipinski definition) is 2. The number of halogens is 3. The average Bonchev–Trinajstić information content (AvgIpc) is 3.43. The largest absolute Gasteiger partial charge is 0.573 e. The molecule has 1 amide bonds. The van der Waals surface area contributed by atoms with E-state index in [4.69, 9.17) is 14.2 Å². The number of amides is 1. The molecule has 2 heterocycles. The minimum atomic E-state index is -4.76. The molecule has 0 saturated carbocycles. The molecule has 34 heavy (non-hydrogen) atoms. The standard InChI is InChI=1S/C23H16F3N3O5/c24-23(25,26)34-16-3-1-2-13(8-16)11-31-15-5-6-17-18(10-15)28-29-21(17)27-22(30)14-4-7-19-20(9-14)33-12-32-19/h1-10H,11-12H2,(H2,27,28,29,30). The summed E-state index contributed by atoms with van der Waals surface area (Å²) in [6.07, 6.45) is -4.76. The predicted molar refractivity (Wildman–Crippen MR) is 114 cm³/mol. The van der Waals surface area contributed by atoms with E-state index >= 15 is 0 Å². The van der Waals surface area contributed by atoms with Crippen molar-refractivity contribution < 1.29 is 36.9 Å². The third-order valence-electron chi connectivity index (χ3n) is 4.94. The summed E-state index contributed by atoms with van der Waals surface area (Å²) in [7, 11) is 0. The van der Waals surface area contributed by atoms with Gasteiger partial charge in [-0.15, -0.1) is 13.2 Å². The van der Waals surface area contributed by atoms with Gasteiger partial charge in [0.25, 0.3) is 5.91 Å². The highest BCUT2D eigenvalue weighted by Crippen LogP contribution is 2.33. The highest BCUT2D eigenvalue weighted by Gasteiger charge is 2.31. The Morgan fingerprint density at radius 2 is 1.88 bits per heavy atom. The Morgan fingerprint density at radius 1 is 1.03 bits per heavy atom. The van der Waals surface area contributed by atoms with Crippen molar-refractivity contribution in [2.45, 2.75) is 13.0 Å². The average molecular weight is 471 g/mol. The SMILES string of the molecule is O=C(Nc1n[nH]c2cc(OCc3cccc(OC(F)(F)F)c3)ccc12)c1ccc2c(c1)OCO2. The number of aromatic nitrogens is 2. The third-order valence-corrected chi connectivity index (χ3v) is 4.94. The van der Waals surface area contributed by atoms with Gasteiger partial charge in [0.15, 0.2) is 17.3 Å². The summed E-state index contributed by atoms with van der Waals surface area (Å²) in [5.74, 6) is 1.19. The lowest BCUT2D eigenvalue weighted by molar-refractivity contribution is -0.274. The maximum absolute atomic E-state index is 12.6. The summed E-state index contributed by atoms with van der Waals surface area (Å²) >= 11 is 0. The van der Waals surface area contributed by atoms with Crippen LogP contribution >= 0.6 is 0 Å². The van der Waals surface area contributed by atoms with Crippen molar-refractivity contribution in [1.29, 1.82) is 0 Å². The third kappa shape index (κ3) is 4.68. The van der Waals surface area contributed by atoms with E-state index in [9.17, 15) is 18.0 Å². The number of benzene rings is 3. The van der Waals surface area contributed by atoms with Crippen LogP contribution in [0.15, 0.2) is 60.7 Å². The van der Waals surface area contributed by atoms with Gasteiger partial charge in [0, 0.05) is 17.0 Å². The van der Waals surface area contributed by atoms with Crippen molar-refractivity contribution in [2.24, 2.45) is 0 Å². The van der Waals surface area contributed by atoms with Crippen LogP contribution in [-0.2, 0) is 6.61 Å². The van der Waals surface area contributed by atoms with Gasteiger partial charge in [0.1, 0.15) is 18.1 Å². The first-order chi connectivity index (χ1) is 16.3. The van der Waals surface area contributed by atoms with Crippen molar-refractivity contribution in [3.8, 4) is 23.0 Å². The normalized spacial score (nSPS) is 12.6. The van der Waals surface area contributed by atoms with E-state index in [0.29, 0.717) is 45.1 Å². The van der Waals surface area contributed by atoms with E-state index in [1.807, 2.05) is 0 Å². The van der Waals surface area contributed by atoms with Gasteiger partial charge in [-0.1, -0.05) is 12.1 Å². The van der Waals surface area contributed by atoms with Crippen LogP contribution in [0.5, 0.6) is 23.0 Å². The number of alkyl halides is 3. The zero-order chi connectivity index (χ0) is 23.7. The first-order valence-electron chi connectivity index (χ1n) is 10.0. The number of carbonyl (C=O) groups excluding carboxylic acids is 1. The fourth-order valence-electron chi connectivity index (χ4n) is 3.40. The Kier molecular flexibility index (Phi) is 5.36. The van der Waals surface area contributed by atoms with E-state index in [0.717, 1.165) is 0 Å². The lowest BCUT2D eigenvalue weighted by atomic mass is 10.2. The van der Waals surface area contributed by atoms with E-state index in [1.54, 1.807) is 42.5 Å². The molecule has 1 aliphatic rings. The number of hydrogen-bond acceptors (Lipinski definition) is 6. The summed E-state index contributed by atoms with van der Waals surface area (Å²) in [6, 6.07) is 15.5. The number of fused-ring (bicyclic) bond motifs is 2. The van der Waals surface area contributed by atoms with Crippen LogP contribution in [0.25, 0.3) is 10.9 Å². The minimum Gasteiger partial charge on any atom is -0.489 e. The molecule has 0 radical (unpaired) electrons. The highest BCUT2D eigenvalue weighted by molar-refractivity contribution is 6.08. The number of ether oxygens (including phenoxy) is 4. The van der Waals surface area contributed by atoms with E-state index in [-0.39, 0.29) is 25.1 Å². The van der Waals surface area contributed by atoms with Crippen molar-refractivity contribution in [2.75, 3.05) is 12.1 Å². The lowest BCUT2D eigenvalue weighted by Crippen LogP contribution is -2.17. The summed E-state index contributed by atoms with van der Waals surface area (Å²) in [4.78, 5) is 12.6. The van der Waals surface area contributed by atoms with Gasteiger partial charge in [0.2, 0.25) is 6.79 Å². The molecule has 0 unspecified atom stereocenters. The molecule has 1 aliphatic heterocycles. The minimum absolute atomic E-state index is 0.0302. The molecule has 1 aromatic heterocycles. The number of nitrogens with zero attached hydrogens (tertiary/aromatic N) is 1. The second-order valence-electron chi connectivity index (χ2n) is 7.29. The molecule has 4 aromatic rings. The Balaban J connectivity index is 1.26. The van der Waals surface area contributed by atoms with Gasteiger partial charge in [-0.2, -0.15) is 5.10 Å². The van der Waals surface area contributed by atoms with Crippen LogP contribution in [0.4, 0.5) is 19.0 Å². The van der Waals surface area contributed by atoms with Crippen LogP contribution in [-0.4, -0.2) is 29.3 Å². The molecule has 2 N–H and O–H groups in total. The van der Waals surface area contributed by atoms with Crippen molar-refractivity contribution in [3.05, 3.63) is 71.8 Å². The van der Waals surface area contributed by atoms with E-state index in [2.05, 4.69) is 20.3 Å². The molecular formula is C23H16F3N3O5. The van der Waals surface area contributed by atoms with Crippen LogP contribution in [0.1, 0.15) is 15.9 Å². The number of carbonyl (C=O) groups is 1. The molecule has 3 aromatic carbocycles. The molecular weight excluding hydrogens is 455 g/mol. The summed E-state index contributed by atoms with van der Waals surface area (Å²) in [5.41, 5.74) is 1.49. The molecule has 0 atom stereocenters. The van der Waals surface area contributed by atoms with E-state index < -0.39 is 6.36 Å². The Morgan fingerprint density at radius 3 is 2.74 bits per heavy atom. The number of H-pyrrole nitrogens is 1. The van der Waals surface area contributed by atoms with Gasteiger partial charge >= 0.3 is 6.36 Å². The van der Waals surface area contributed by atoms with Crippen molar-refractivity contribution in [3.63, 3.8) is 0 Å².